The summed E-state index contributed by atoms with van der Waals surface area (Å²) in [4.78, 5) is 23.2. The molecule has 1 amide bonds. The Morgan fingerprint density at radius 2 is 1.78 bits per heavy atom. The van der Waals surface area contributed by atoms with Gasteiger partial charge >= 0.3 is 0 Å². The van der Waals surface area contributed by atoms with Crippen molar-refractivity contribution in [2.24, 2.45) is 0 Å². The molecule has 2 heterocycles. The molecule has 32 heavy (non-hydrogen) atoms. The summed E-state index contributed by atoms with van der Waals surface area (Å²) in [7, 11) is 0. The molecule has 0 aliphatic carbocycles. The van der Waals surface area contributed by atoms with Crippen LogP contribution in [0.2, 0.25) is 0 Å². The Morgan fingerprint density at radius 1 is 1.03 bits per heavy atom. The number of amides is 1. The van der Waals surface area contributed by atoms with Crippen LogP contribution < -0.4 is 5.32 Å². The molecule has 0 spiro atoms. The molecule has 5 nitrogen and oxygen atoms in total. The number of hydrogen-bond donors (Lipinski definition) is 1. The molecule has 2 aromatic carbocycles. The number of carbonyl (C=O) groups excluding carboxylic acids is 1. The van der Waals surface area contributed by atoms with E-state index >= 15 is 0 Å². The lowest BCUT2D eigenvalue weighted by molar-refractivity contribution is 0.0950. The minimum atomic E-state index is -0.112. The van der Waals surface area contributed by atoms with Crippen molar-refractivity contribution in [1.29, 1.82) is 5.26 Å². The fourth-order valence-electron chi connectivity index (χ4n) is 3.13. The first kappa shape index (κ1) is 21.8. The van der Waals surface area contributed by atoms with Gasteiger partial charge in [0.05, 0.1) is 21.8 Å². The Balaban J connectivity index is 1.33. The van der Waals surface area contributed by atoms with E-state index in [1.54, 1.807) is 29.8 Å². The highest BCUT2D eigenvalue weighted by Gasteiger charge is 2.13. The van der Waals surface area contributed by atoms with Crippen LogP contribution in [0.3, 0.4) is 0 Å². The predicted octanol–water partition coefficient (Wildman–Crippen LogP) is 5.59. The second-order valence-electron chi connectivity index (χ2n) is 6.93. The third kappa shape index (κ3) is 5.41. The van der Waals surface area contributed by atoms with Gasteiger partial charge in [0.1, 0.15) is 6.07 Å². The van der Waals surface area contributed by atoms with E-state index in [1.165, 1.54) is 11.8 Å². The summed E-state index contributed by atoms with van der Waals surface area (Å²) >= 11 is 3.07. The average Bonchev–Trinajstić information content (AvgIpc) is 3.32. The predicted molar refractivity (Wildman–Crippen MR) is 128 cm³/mol. The molecule has 2 aromatic heterocycles. The molecular formula is C25H20N4OS2. The first-order chi connectivity index (χ1) is 15.7. The Hall–Kier alpha value is -3.47. The largest absolute Gasteiger partial charge is 0.352 e. The maximum atomic E-state index is 12.8. The molecule has 7 heteroatoms. The number of aromatic nitrogens is 2. The van der Waals surface area contributed by atoms with Gasteiger partial charge in [0.2, 0.25) is 0 Å². The van der Waals surface area contributed by atoms with Crippen molar-refractivity contribution >= 4 is 29.0 Å². The van der Waals surface area contributed by atoms with Crippen molar-refractivity contribution in [1.82, 2.24) is 15.3 Å². The molecule has 0 unspecified atom stereocenters. The minimum absolute atomic E-state index is 0.112. The summed E-state index contributed by atoms with van der Waals surface area (Å²) < 4.78 is 0. The number of nitrogens with one attached hydrogen (secondary N) is 1. The minimum Gasteiger partial charge on any atom is -0.352 e. The molecule has 0 radical (unpaired) electrons. The zero-order valence-electron chi connectivity index (χ0n) is 17.2. The summed E-state index contributed by atoms with van der Waals surface area (Å²) in [6.45, 7) is 0.566. The first-order valence-electron chi connectivity index (χ1n) is 10.1. The average molecular weight is 457 g/mol. The van der Waals surface area contributed by atoms with Crippen LogP contribution in [0, 0.1) is 11.3 Å². The smallest absolute Gasteiger partial charge is 0.252 e. The lowest BCUT2D eigenvalue weighted by Crippen LogP contribution is -2.25. The highest BCUT2D eigenvalue weighted by molar-refractivity contribution is 7.99. The second-order valence-corrected chi connectivity index (χ2v) is 8.95. The normalized spacial score (nSPS) is 10.5. The summed E-state index contributed by atoms with van der Waals surface area (Å²) in [5.41, 5.74) is 3.23. The number of rotatable bonds is 8. The van der Waals surface area contributed by atoms with Crippen LogP contribution in [0.4, 0.5) is 0 Å². The number of pyridine rings is 1. The van der Waals surface area contributed by atoms with Crippen molar-refractivity contribution in [2.75, 3.05) is 6.54 Å². The van der Waals surface area contributed by atoms with E-state index in [1.807, 2.05) is 54.6 Å². The van der Waals surface area contributed by atoms with Crippen molar-refractivity contribution in [3.63, 3.8) is 0 Å². The molecular weight excluding hydrogens is 436 g/mol. The van der Waals surface area contributed by atoms with E-state index in [2.05, 4.69) is 26.7 Å². The summed E-state index contributed by atoms with van der Waals surface area (Å²) in [5, 5.41) is 15.4. The summed E-state index contributed by atoms with van der Waals surface area (Å²) in [6.07, 6.45) is 5.14. The maximum Gasteiger partial charge on any atom is 0.252 e. The van der Waals surface area contributed by atoms with Crippen LogP contribution in [0.5, 0.6) is 0 Å². The van der Waals surface area contributed by atoms with Gasteiger partial charge in [-0.2, -0.15) is 5.26 Å². The molecule has 0 aliphatic rings. The third-order valence-corrected chi connectivity index (χ3v) is 6.80. The number of carbonyl (C=O) groups is 1. The summed E-state index contributed by atoms with van der Waals surface area (Å²) in [5.74, 6) is -0.112. The van der Waals surface area contributed by atoms with Crippen LogP contribution >= 0.6 is 23.1 Å². The van der Waals surface area contributed by atoms with Gasteiger partial charge < -0.3 is 5.32 Å². The van der Waals surface area contributed by atoms with E-state index in [-0.39, 0.29) is 5.91 Å². The summed E-state index contributed by atoms with van der Waals surface area (Å²) in [6, 6.07) is 21.0. The van der Waals surface area contributed by atoms with E-state index in [0.717, 1.165) is 38.9 Å². The van der Waals surface area contributed by atoms with Crippen LogP contribution in [0.25, 0.3) is 11.3 Å². The molecule has 0 atom stereocenters. The van der Waals surface area contributed by atoms with E-state index < -0.39 is 0 Å². The molecule has 0 aliphatic heterocycles. The standard InChI is InChI=1S/C25H20N4OS2/c26-16-19-6-1-3-8-22(19)32-23-9-4-2-7-20(23)25(30)28-13-5-10-24-29-21(17-31-24)18-11-14-27-15-12-18/h1-4,6-9,11-12,14-15,17H,5,10,13H2,(H,28,30). The van der Waals surface area contributed by atoms with E-state index in [9.17, 15) is 10.1 Å². The van der Waals surface area contributed by atoms with Gasteiger partial charge in [-0.25, -0.2) is 4.98 Å². The van der Waals surface area contributed by atoms with Crippen LogP contribution in [0.15, 0.2) is 88.2 Å². The Kier molecular flexibility index (Phi) is 7.28. The second kappa shape index (κ2) is 10.7. The molecule has 1 N–H and O–H groups in total. The topological polar surface area (TPSA) is 78.7 Å². The van der Waals surface area contributed by atoms with Gasteiger partial charge in [-0.1, -0.05) is 36.0 Å². The molecule has 0 fully saturated rings. The molecule has 0 bridgehead atoms. The Bertz CT molecular complexity index is 1250. The number of nitriles is 1. The number of hydrogen-bond acceptors (Lipinski definition) is 6. The molecule has 0 saturated heterocycles. The zero-order chi connectivity index (χ0) is 22.2. The number of aryl methyl sites for hydroxylation is 1. The lowest BCUT2D eigenvalue weighted by Gasteiger charge is -2.10. The fourth-order valence-corrected chi connectivity index (χ4v) is 5.00. The highest BCUT2D eigenvalue weighted by Crippen LogP contribution is 2.32. The fraction of sp³-hybridized carbons (Fsp3) is 0.120. The van der Waals surface area contributed by atoms with Gasteiger partial charge in [-0.3, -0.25) is 9.78 Å². The Morgan fingerprint density at radius 3 is 2.59 bits per heavy atom. The molecule has 4 aromatic rings. The SMILES string of the molecule is N#Cc1ccccc1Sc1ccccc1C(=O)NCCCc1nc(-c2ccncc2)cs1. The number of thiazole rings is 1. The van der Waals surface area contributed by atoms with Crippen molar-refractivity contribution in [3.8, 4) is 17.3 Å². The Labute approximate surface area is 195 Å². The van der Waals surface area contributed by atoms with Gasteiger partial charge in [0, 0.05) is 46.1 Å². The highest BCUT2D eigenvalue weighted by atomic mass is 32.2. The van der Waals surface area contributed by atoms with Crippen LogP contribution in [0.1, 0.15) is 27.3 Å². The van der Waals surface area contributed by atoms with Gasteiger partial charge in [0.15, 0.2) is 0 Å². The monoisotopic (exact) mass is 456 g/mol. The van der Waals surface area contributed by atoms with E-state index in [4.69, 9.17) is 0 Å². The lowest BCUT2D eigenvalue weighted by atomic mass is 10.2. The molecule has 158 valence electrons. The first-order valence-corrected chi connectivity index (χ1v) is 11.8. The molecule has 0 saturated carbocycles. The number of nitrogens with zero attached hydrogens (tertiary/aromatic N) is 3. The van der Waals surface area contributed by atoms with Crippen molar-refractivity contribution in [3.05, 3.63) is 94.6 Å². The molecule has 4 rings (SSSR count). The van der Waals surface area contributed by atoms with Crippen LogP contribution in [-0.2, 0) is 6.42 Å². The van der Waals surface area contributed by atoms with Crippen molar-refractivity contribution in [2.45, 2.75) is 22.6 Å². The van der Waals surface area contributed by atoms with Crippen LogP contribution in [-0.4, -0.2) is 22.4 Å². The number of benzene rings is 2. The van der Waals surface area contributed by atoms with Crippen molar-refractivity contribution < 1.29 is 4.79 Å². The van der Waals surface area contributed by atoms with Gasteiger partial charge in [-0.15, -0.1) is 11.3 Å². The van der Waals surface area contributed by atoms with E-state index in [0.29, 0.717) is 17.7 Å². The van der Waals surface area contributed by atoms with Gasteiger partial charge in [-0.05, 0) is 42.8 Å². The van der Waals surface area contributed by atoms with Gasteiger partial charge in [0.25, 0.3) is 5.91 Å². The third-order valence-electron chi connectivity index (χ3n) is 4.74. The maximum absolute atomic E-state index is 12.8. The zero-order valence-corrected chi connectivity index (χ0v) is 18.8. The quantitative estimate of drug-likeness (QED) is 0.350.